The number of carbonyl (C=O) groups excluding carboxylic acids is 2. The van der Waals surface area contributed by atoms with E-state index < -0.39 is 67.9 Å². The van der Waals surface area contributed by atoms with Crippen molar-refractivity contribution in [2.24, 2.45) is 5.92 Å². The van der Waals surface area contributed by atoms with Gasteiger partial charge in [-0.1, -0.05) is 13.0 Å². The first-order valence-corrected chi connectivity index (χ1v) is 22.3. The number of halogens is 2. The topological polar surface area (TPSA) is 224 Å². The van der Waals surface area contributed by atoms with E-state index in [0.29, 0.717) is 37.5 Å². The minimum atomic E-state index is -4.90. The highest BCUT2D eigenvalue weighted by Gasteiger charge is 2.45. The molecule has 348 valence electrons. The van der Waals surface area contributed by atoms with Crippen molar-refractivity contribution in [3.63, 3.8) is 0 Å². The number of carbonyl (C=O) groups is 2. The highest BCUT2D eigenvalue weighted by molar-refractivity contribution is 7.46. The van der Waals surface area contributed by atoms with Crippen LogP contribution in [0.2, 0.25) is 0 Å². The molecule has 0 spiro atoms. The number of benzene rings is 3. The molecule has 4 heterocycles. The van der Waals surface area contributed by atoms with Gasteiger partial charge in [-0.25, -0.2) is 46.6 Å². The zero-order valence-corrected chi connectivity index (χ0v) is 36.6. The van der Waals surface area contributed by atoms with Crippen LogP contribution in [-0.4, -0.2) is 109 Å². The van der Waals surface area contributed by atoms with Crippen LogP contribution in [0.5, 0.6) is 5.75 Å². The summed E-state index contributed by atoms with van der Waals surface area (Å²) in [6, 6.07) is 18.3. The predicted octanol–water partition coefficient (Wildman–Crippen LogP) is 4.73. The Balaban J connectivity index is 0.877. The van der Waals surface area contributed by atoms with E-state index in [2.05, 4.69) is 29.5 Å². The average molecular weight is 927 g/mol. The molecular weight excluding hydrogens is 877 g/mol. The smallest absolute Gasteiger partial charge is 0.493 e. The van der Waals surface area contributed by atoms with Crippen molar-refractivity contribution in [2.75, 3.05) is 55.8 Å². The van der Waals surface area contributed by atoms with E-state index in [1.807, 2.05) is 48.5 Å². The molecule has 5 atom stereocenters. The SMILES string of the molecule is CC[C@@H]([C@H](C)OC(=O)OC(C)OC(=O)COP(=O)(O)O)n1ncn(-c2ccc(N3CCN(c4ccc(OC[C@@H]5CO[C@@](Cn6cncn6)(c6ccc(F)cc6F)C5)cc4)CC3)cc2)c1=O. The van der Waals surface area contributed by atoms with Gasteiger partial charge in [0.15, 0.2) is 6.61 Å². The van der Waals surface area contributed by atoms with Crippen LogP contribution in [0.15, 0.2) is 90.5 Å². The number of esters is 1. The maximum atomic E-state index is 15.0. The fourth-order valence-corrected chi connectivity index (χ4v) is 8.27. The highest BCUT2D eigenvalue weighted by Crippen LogP contribution is 2.42. The van der Waals surface area contributed by atoms with Gasteiger partial charge in [-0.3, -0.25) is 4.52 Å². The molecule has 20 nitrogen and oxygen atoms in total. The van der Waals surface area contributed by atoms with Crippen molar-refractivity contribution in [1.82, 2.24) is 29.1 Å². The summed E-state index contributed by atoms with van der Waals surface area (Å²) in [6.07, 6.45) is 1.55. The van der Waals surface area contributed by atoms with Crippen molar-refractivity contribution in [3.05, 3.63) is 113 Å². The van der Waals surface area contributed by atoms with E-state index in [9.17, 15) is 23.3 Å². The number of aromatic nitrogens is 6. The highest BCUT2D eigenvalue weighted by atomic mass is 31.2. The molecule has 2 N–H and O–H groups in total. The number of hydrogen-bond donors (Lipinski definition) is 2. The minimum absolute atomic E-state index is 0.0537. The Bertz CT molecular complexity index is 2500. The molecule has 0 bridgehead atoms. The lowest BCUT2D eigenvalue weighted by atomic mass is 9.87. The molecule has 0 radical (unpaired) electrons. The maximum Gasteiger partial charge on any atom is 0.511 e. The summed E-state index contributed by atoms with van der Waals surface area (Å²) in [5, 5.41) is 8.46. The van der Waals surface area contributed by atoms with Crippen molar-refractivity contribution < 1.29 is 60.9 Å². The standard InChI is InChI=1S/C42H49F2N8O12P/c1-4-38(28(2)62-41(55)64-29(3)63-39(53)23-61-65(56,57)58)52-40(54)51(27-47-52)34-8-6-32(7-9-34)48-15-17-49(18-16-48)33-10-12-35(13-11-33)59-21-30-20-42(60-22-30,24-50-26-45-25-46-50)36-14-5-31(43)19-37(36)44/h5-14,19,25-30,38H,4,15-18,20-24H2,1-3H3,(H2,56,57,58)/t28-,29?,30+,38-,42-/m0/s1. The van der Waals surface area contributed by atoms with Crippen LogP contribution in [0.25, 0.3) is 5.69 Å². The van der Waals surface area contributed by atoms with Gasteiger partial charge in [0, 0.05) is 62.0 Å². The Morgan fingerprint density at radius 1 is 0.908 bits per heavy atom. The molecule has 7 rings (SSSR count). The van der Waals surface area contributed by atoms with Crippen molar-refractivity contribution >= 4 is 31.3 Å². The third-order valence-electron chi connectivity index (χ3n) is 11.1. The number of ether oxygens (including phenoxy) is 5. The summed E-state index contributed by atoms with van der Waals surface area (Å²) < 4.78 is 75.2. The lowest BCUT2D eigenvalue weighted by Crippen LogP contribution is -2.46. The van der Waals surface area contributed by atoms with Gasteiger partial charge in [0.05, 0.1) is 31.5 Å². The summed E-state index contributed by atoms with van der Waals surface area (Å²) in [7, 11) is -4.90. The molecule has 65 heavy (non-hydrogen) atoms. The van der Waals surface area contributed by atoms with Crippen molar-refractivity contribution in [2.45, 2.75) is 64.2 Å². The fraction of sp³-hybridized carbons (Fsp3) is 0.429. The molecule has 2 fully saturated rings. The molecule has 2 aromatic heterocycles. The normalized spacial score (nSPS) is 19.1. The van der Waals surface area contributed by atoms with Gasteiger partial charge >= 0.3 is 25.6 Å². The number of hydrogen-bond acceptors (Lipinski definition) is 15. The Labute approximate surface area is 371 Å². The second-order valence-corrected chi connectivity index (χ2v) is 16.8. The Hall–Kier alpha value is -6.19. The third kappa shape index (κ3) is 11.7. The van der Waals surface area contributed by atoms with Crippen LogP contribution in [0.4, 0.5) is 25.0 Å². The first-order valence-electron chi connectivity index (χ1n) is 20.8. The molecule has 3 aromatic carbocycles. The molecule has 5 aromatic rings. The summed E-state index contributed by atoms with van der Waals surface area (Å²) >= 11 is 0. The van der Waals surface area contributed by atoms with Crippen LogP contribution in [-0.2, 0) is 45.0 Å². The molecule has 2 aliphatic heterocycles. The van der Waals surface area contributed by atoms with Gasteiger partial charge in [0.25, 0.3) is 0 Å². The second kappa shape index (κ2) is 20.3. The van der Waals surface area contributed by atoms with Gasteiger partial charge in [-0.2, -0.15) is 10.2 Å². The summed E-state index contributed by atoms with van der Waals surface area (Å²) in [6.45, 7) is 7.42. The number of phosphoric acid groups is 1. The molecule has 0 aliphatic carbocycles. The molecule has 1 unspecified atom stereocenters. The van der Waals surface area contributed by atoms with Crippen molar-refractivity contribution in [1.29, 1.82) is 0 Å². The molecule has 2 saturated heterocycles. The zero-order chi connectivity index (χ0) is 46.3. The average Bonchev–Trinajstić information content (AvgIpc) is 4.04. The monoisotopic (exact) mass is 926 g/mol. The second-order valence-electron chi connectivity index (χ2n) is 15.6. The lowest BCUT2D eigenvalue weighted by molar-refractivity contribution is -0.171. The van der Waals surface area contributed by atoms with E-state index in [0.717, 1.165) is 43.6 Å². The van der Waals surface area contributed by atoms with Gasteiger partial charge in [-0.15, -0.1) is 0 Å². The van der Waals surface area contributed by atoms with Crippen LogP contribution >= 0.6 is 7.82 Å². The Kier molecular flexibility index (Phi) is 14.6. The number of nitrogens with zero attached hydrogens (tertiary/aromatic N) is 8. The van der Waals surface area contributed by atoms with E-state index in [1.54, 1.807) is 18.5 Å². The number of piperazine rings is 1. The van der Waals surface area contributed by atoms with E-state index in [-0.39, 0.29) is 18.0 Å². The summed E-state index contributed by atoms with van der Waals surface area (Å²) in [5.41, 5.74) is 1.38. The predicted molar refractivity (Wildman–Crippen MR) is 226 cm³/mol. The molecule has 2 aliphatic rings. The zero-order valence-electron chi connectivity index (χ0n) is 35.7. The number of anilines is 2. The summed E-state index contributed by atoms with van der Waals surface area (Å²) in [5.74, 6) is -1.88. The van der Waals surface area contributed by atoms with E-state index >= 15 is 4.39 Å². The first kappa shape index (κ1) is 46.8. The Morgan fingerprint density at radius 3 is 2.18 bits per heavy atom. The van der Waals surface area contributed by atoms with Gasteiger partial charge in [0.1, 0.15) is 48.1 Å². The molecule has 23 heteroatoms. The largest absolute Gasteiger partial charge is 0.511 e. The molecule has 0 saturated carbocycles. The van der Waals surface area contributed by atoms with E-state index in [1.165, 1.54) is 47.3 Å². The number of phosphoric ester groups is 1. The fourth-order valence-electron chi connectivity index (χ4n) is 8.00. The van der Waals surface area contributed by atoms with Crippen LogP contribution < -0.4 is 20.2 Å². The van der Waals surface area contributed by atoms with E-state index in [4.69, 9.17) is 33.5 Å². The maximum absolute atomic E-state index is 15.0. The number of rotatable bonds is 18. The molecule has 0 amide bonds. The van der Waals surface area contributed by atoms with Gasteiger partial charge in [0.2, 0.25) is 6.29 Å². The quantitative estimate of drug-likeness (QED) is 0.0688. The van der Waals surface area contributed by atoms with Crippen LogP contribution in [0.3, 0.4) is 0 Å². The lowest BCUT2D eigenvalue weighted by Gasteiger charge is -2.37. The van der Waals surface area contributed by atoms with Crippen LogP contribution in [0, 0.1) is 17.6 Å². The van der Waals surface area contributed by atoms with Gasteiger partial charge < -0.3 is 43.3 Å². The van der Waals surface area contributed by atoms with Crippen LogP contribution in [0.1, 0.15) is 45.2 Å². The molecular formula is C42H49F2N8O12P. The first-order chi connectivity index (χ1) is 31.1. The minimum Gasteiger partial charge on any atom is -0.493 e. The summed E-state index contributed by atoms with van der Waals surface area (Å²) in [4.78, 5) is 63.6. The Morgan fingerprint density at radius 2 is 1.57 bits per heavy atom. The van der Waals surface area contributed by atoms with Crippen molar-refractivity contribution in [3.8, 4) is 11.4 Å². The van der Waals surface area contributed by atoms with Gasteiger partial charge in [-0.05, 0) is 74.4 Å². The third-order valence-corrected chi connectivity index (χ3v) is 11.6.